The summed E-state index contributed by atoms with van der Waals surface area (Å²) in [6.45, 7) is 11.2. The lowest BCUT2D eigenvalue weighted by atomic mass is 10.0. The quantitative estimate of drug-likeness (QED) is 0.630. The minimum absolute atomic E-state index is 0.0835. The van der Waals surface area contributed by atoms with Crippen LogP contribution in [0.3, 0.4) is 0 Å². The summed E-state index contributed by atoms with van der Waals surface area (Å²) in [5.41, 5.74) is 4.79. The summed E-state index contributed by atoms with van der Waals surface area (Å²) in [5.74, 6) is 6.69. The SMILES string of the molecule is CC.CC(=O)CCC(C)=O.CCc1ccccc1C#Cc1ccccc1C. The molecule has 0 spiro atoms. The van der Waals surface area contributed by atoms with Crippen LogP contribution in [0.5, 0.6) is 0 Å². The van der Waals surface area contributed by atoms with E-state index in [1.54, 1.807) is 0 Å². The lowest BCUT2D eigenvalue weighted by Gasteiger charge is -2.00. The first-order valence-electron chi connectivity index (χ1n) is 9.58. The smallest absolute Gasteiger partial charge is 0.130 e. The van der Waals surface area contributed by atoms with Gasteiger partial charge in [-0.25, -0.2) is 0 Å². The van der Waals surface area contributed by atoms with Gasteiger partial charge in [0.25, 0.3) is 0 Å². The van der Waals surface area contributed by atoms with Crippen molar-refractivity contribution in [2.45, 2.75) is 60.8 Å². The number of hydrogen-bond donors (Lipinski definition) is 0. The molecule has 0 saturated heterocycles. The van der Waals surface area contributed by atoms with Crippen molar-refractivity contribution in [2.75, 3.05) is 0 Å². The van der Waals surface area contributed by atoms with E-state index in [4.69, 9.17) is 0 Å². The second kappa shape index (κ2) is 14.5. The first-order chi connectivity index (χ1) is 12.9. The molecule has 0 aliphatic rings. The monoisotopic (exact) mass is 364 g/mol. The van der Waals surface area contributed by atoms with E-state index in [0.29, 0.717) is 12.8 Å². The Hall–Kier alpha value is -2.66. The van der Waals surface area contributed by atoms with Gasteiger partial charge in [-0.15, -0.1) is 0 Å². The molecule has 0 atom stereocenters. The number of carbonyl (C=O) groups excluding carboxylic acids is 2. The lowest BCUT2D eigenvalue weighted by Crippen LogP contribution is -1.95. The number of carbonyl (C=O) groups is 2. The molecule has 2 rings (SSSR count). The van der Waals surface area contributed by atoms with Crippen molar-refractivity contribution in [1.82, 2.24) is 0 Å². The molecule has 0 heterocycles. The van der Waals surface area contributed by atoms with Crippen molar-refractivity contribution < 1.29 is 9.59 Å². The van der Waals surface area contributed by atoms with Gasteiger partial charge in [0.1, 0.15) is 11.6 Å². The van der Waals surface area contributed by atoms with E-state index in [-0.39, 0.29) is 11.6 Å². The molecule has 144 valence electrons. The van der Waals surface area contributed by atoms with Crippen LogP contribution in [0.1, 0.15) is 69.7 Å². The molecular weight excluding hydrogens is 332 g/mol. The van der Waals surface area contributed by atoms with Crippen LogP contribution in [0.4, 0.5) is 0 Å². The fraction of sp³-hybridized carbons (Fsp3) is 0.360. The maximum absolute atomic E-state index is 10.2. The number of hydrogen-bond acceptors (Lipinski definition) is 2. The molecule has 2 heteroatoms. The lowest BCUT2D eigenvalue weighted by molar-refractivity contribution is -0.122. The Bertz CT molecular complexity index is 762. The molecule has 0 unspecified atom stereocenters. The highest BCUT2D eigenvalue weighted by molar-refractivity contribution is 5.83. The molecule has 0 saturated carbocycles. The van der Waals surface area contributed by atoms with E-state index in [2.05, 4.69) is 56.0 Å². The summed E-state index contributed by atoms with van der Waals surface area (Å²) in [4.78, 5) is 20.4. The maximum Gasteiger partial charge on any atom is 0.130 e. The van der Waals surface area contributed by atoms with Crippen LogP contribution in [0.15, 0.2) is 48.5 Å². The second-order valence-corrected chi connectivity index (χ2v) is 5.98. The summed E-state index contributed by atoms with van der Waals surface area (Å²) >= 11 is 0. The van der Waals surface area contributed by atoms with E-state index in [1.807, 2.05) is 32.0 Å². The van der Waals surface area contributed by atoms with Gasteiger partial charge < -0.3 is 9.59 Å². The average molecular weight is 365 g/mol. The topological polar surface area (TPSA) is 34.1 Å². The molecule has 0 radical (unpaired) electrons. The van der Waals surface area contributed by atoms with Crippen LogP contribution in [-0.4, -0.2) is 11.6 Å². The van der Waals surface area contributed by atoms with Gasteiger partial charge in [0.15, 0.2) is 0 Å². The molecule has 0 N–H and O–H groups in total. The van der Waals surface area contributed by atoms with Crippen molar-refractivity contribution in [3.8, 4) is 11.8 Å². The molecular formula is C25H32O2. The summed E-state index contributed by atoms with van der Waals surface area (Å²) < 4.78 is 0. The molecule has 2 aromatic rings. The van der Waals surface area contributed by atoms with Gasteiger partial charge in [-0.3, -0.25) is 0 Å². The third-order valence-corrected chi connectivity index (χ3v) is 3.70. The highest BCUT2D eigenvalue weighted by Crippen LogP contribution is 2.09. The number of ketones is 2. The largest absolute Gasteiger partial charge is 0.300 e. The van der Waals surface area contributed by atoms with Crippen LogP contribution in [0.25, 0.3) is 0 Å². The molecule has 0 amide bonds. The van der Waals surface area contributed by atoms with Crippen LogP contribution in [-0.2, 0) is 16.0 Å². The molecule has 0 aromatic heterocycles. The highest BCUT2D eigenvalue weighted by Gasteiger charge is 1.96. The van der Waals surface area contributed by atoms with Crippen LogP contribution >= 0.6 is 0 Å². The van der Waals surface area contributed by atoms with Gasteiger partial charge in [0.2, 0.25) is 0 Å². The molecule has 0 fully saturated rings. The summed E-state index contributed by atoms with van der Waals surface area (Å²) in [6.07, 6.45) is 1.82. The Morgan fingerprint density at radius 3 is 1.70 bits per heavy atom. The molecule has 2 nitrogen and oxygen atoms in total. The van der Waals surface area contributed by atoms with Gasteiger partial charge in [0, 0.05) is 24.0 Å². The van der Waals surface area contributed by atoms with E-state index < -0.39 is 0 Å². The minimum atomic E-state index is 0.0835. The fourth-order valence-corrected chi connectivity index (χ4v) is 2.15. The van der Waals surface area contributed by atoms with Crippen molar-refractivity contribution >= 4 is 11.6 Å². The zero-order valence-electron chi connectivity index (χ0n) is 17.6. The normalized spacial score (nSPS) is 8.81. The minimum Gasteiger partial charge on any atom is -0.300 e. The molecule has 2 aromatic carbocycles. The Morgan fingerprint density at radius 2 is 1.22 bits per heavy atom. The van der Waals surface area contributed by atoms with Gasteiger partial charge in [-0.1, -0.05) is 69.0 Å². The Morgan fingerprint density at radius 1 is 0.778 bits per heavy atom. The third kappa shape index (κ3) is 10.8. The second-order valence-electron chi connectivity index (χ2n) is 5.98. The van der Waals surface area contributed by atoms with E-state index >= 15 is 0 Å². The highest BCUT2D eigenvalue weighted by atomic mass is 16.1. The van der Waals surface area contributed by atoms with E-state index in [0.717, 1.165) is 17.5 Å². The Labute approximate surface area is 165 Å². The third-order valence-electron chi connectivity index (χ3n) is 3.70. The fourth-order valence-electron chi connectivity index (χ4n) is 2.15. The van der Waals surface area contributed by atoms with Gasteiger partial charge in [-0.05, 0) is 50.5 Å². The van der Waals surface area contributed by atoms with Crippen molar-refractivity contribution in [1.29, 1.82) is 0 Å². The Balaban J connectivity index is 0.000000574. The maximum atomic E-state index is 10.2. The predicted molar refractivity (Wildman–Crippen MR) is 115 cm³/mol. The predicted octanol–water partition coefficient (Wildman–Crippen LogP) is 5.93. The van der Waals surface area contributed by atoms with Crippen molar-refractivity contribution in [3.05, 3.63) is 70.8 Å². The summed E-state index contributed by atoms with van der Waals surface area (Å²) in [5, 5.41) is 0. The van der Waals surface area contributed by atoms with E-state index in [9.17, 15) is 9.59 Å². The van der Waals surface area contributed by atoms with Crippen LogP contribution < -0.4 is 0 Å². The Kier molecular flexibility index (Phi) is 13.1. The first kappa shape index (κ1) is 24.3. The van der Waals surface area contributed by atoms with Crippen LogP contribution in [0.2, 0.25) is 0 Å². The van der Waals surface area contributed by atoms with Gasteiger partial charge >= 0.3 is 0 Å². The number of rotatable bonds is 4. The molecule has 0 aliphatic heterocycles. The van der Waals surface area contributed by atoms with Gasteiger partial charge in [-0.2, -0.15) is 0 Å². The number of aryl methyl sites for hydroxylation is 2. The molecule has 0 bridgehead atoms. The average Bonchev–Trinajstić information content (AvgIpc) is 2.68. The van der Waals surface area contributed by atoms with Gasteiger partial charge in [0.05, 0.1) is 0 Å². The summed E-state index contributed by atoms with van der Waals surface area (Å²) in [6, 6.07) is 16.6. The first-order valence-corrected chi connectivity index (χ1v) is 9.58. The zero-order valence-corrected chi connectivity index (χ0v) is 17.6. The van der Waals surface area contributed by atoms with E-state index in [1.165, 1.54) is 25.0 Å². The summed E-state index contributed by atoms with van der Waals surface area (Å²) in [7, 11) is 0. The van der Waals surface area contributed by atoms with Crippen molar-refractivity contribution in [2.24, 2.45) is 0 Å². The number of benzene rings is 2. The standard InChI is InChI=1S/C17H16.C6H10O2.C2H6/c1-3-15-9-6-7-11-17(15)13-12-16-10-5-4-8-14(16)2;1-5(7)3-4-6(2)8;1-2/h4-11H,3H2,1-2H3;3-4H2,1-2H3;1-2H3. The van der Waals surface area contributed by atoms with Crippen LogP contribution in [0, 0.1) is 18.8 Å². The molecule has 0 aliphatic carbocycles. The molecule has 27 heavy (non-hydrogen) atoms. The van der Waals surface area contributed by atoms with Crippen molar-refractivity contribution in [3.63, 3.8) is 0 Å². The zero-order chi connectivity index (χ0) is 20.7. The number of Topliss-reactive ketones (excluding diaryl/α,β-unsaturated/α-hetero) is 2.